The van der Waals surface area contributed by atoms with Crippen LogP contribution in [0.5, 0.6) is 0 Å². The lowest BCUT2D eigenvalue weighted by Gasteiger charge is -2.29. The number of nitrogens with one attached hydrogen (secondary N) is 1. The topological polar surface area (TPSA) is 63.2 Å². The zero-order valence-corrected chi connectivity index (χ0v) is 11.8. The number of hydrogen-bond acceptors (Lipinski definition) is 3. The summed E-state index contributed by atoms with van der Waals surface area (Å²) in [5.41, 5.74) is 0. The Labute approximate surface area is 109 Å². The van der Waals surface area contributed by atoms with E-state index >= 15 is 0 Å². The van der Waals surface area contributed by atoms with Crippen LogP contribution in [-0.4, -0.2) is 31.9 Å². The molecule has 104 valence electrons. The Bertz CT molecular complexity index is 404. The van der Waals surface area contributed by atoms with Crippen molar-refractivity contribution in [3.63, 3.8) is 0 Å². The molecule has 1 heterocycles. The molecule has 1 aliphatic heterocycles. The number of sulfone groups is 1. The number of carbonyl (C=O) groups excluding carboxylic acids is 1. The van der Waals surface area contributed by atoms with E-state index in [1.165, 1.54) is 19.3 Å². The Morgan fingerprint density at radius 1 is 1.22 bits per heavy atom. The highest BCUT2D eigenvalue weighted by atomic mass is 32.2. The lowest BCUT2D eigenvalue weighted by molar-refractivity contribution is -0.123. The Morgan fingerprint density at radius 3 is 2.56 bits per heavy atom. The minimum absolute atomic E-state index is 0.0360. The van der Waals surface area contributed by atoms with Gasteiger partial charge in [0.1, 0.15) is 0 Å². The van der Waals surface area contributed by atoms with Crippen LogP contribution in [0.4, 0.5) is 0 Å². The SMILES string of the molecule is C[C@@H]1CCCC[C@@H]1NC(=O)C[C@H]1CCS(=O)(=O)C1. The number of carbonyl (C=O) groups is 1. The Balaban J connectivity index is 1.78. The number of hydrogen-bond donors (Lipinski definition) is 1. The fraction of sp³-hybridized carbons (Fsp3) is 0.923. The van der Waals surface area contributed by atoms with Gasteiger partial charge in [-0.1, -0.05) is 19.8 Å². The van der Waals surface area contributed by atoms with Gasteiger partial charge in [-0.25, -0.2) is 8.42 Å². The Kier molecular flexibility index (Phi) is 4.30. The van der Waals surface area contributed by atoms with E-state index in [-0.39, 0.29) is 23.3 Å². The first-order valence-corrected chi connectivity index (χ1v) is 8.78. The second kappa shape index (κ2) is 5.59. The van der Waals surface area contributed by atoms with E-state index in [0.717, 1.165) is 6.42 Å². The standard InChI is InChI=1S/C13H23NO3S/c1-10-4-2-3-5-12(10)14-13(15)8-11-6-7-18(16,17)9-11/h10-12H,2-9H2,1H3,(H,14,15)/t10-,11-,12+/m1/s1. The maximum Gasteiger partial charge on any atom is 0.220 e. The fourth-order valence-electron chi connectivity index (χ4n) is 3.09. The van der Waals surface area contributed by atoms with Crippen LogP contribution in [0.25, 0.3) is 0 Å². The van der Waals surface area contributed by atoms with Crippen LogP contribution in [0, 0.1) is 11.8 Å². The summed E-state index contributed by atoms with van der Waals surface area (Å²) in [5.74, 6) is 1.07. The van der Waals surface area contributed by atoms with E-state index in [1.807, 2.05) is 0 Å². The number of rotatable bonds is 3. The van der Waals surface area contributed by atoms with Gasteiger partial charge in [-0.3, -0.25) is 4.79 Å². The van der Waals surface area contributed by atoms with Gasteiger partial charge in [0.05, 0.1) is 11.5 Å². The summed E-state index contributed by atoms with van der Waals surface area (Å²) in [6.07, 6.45) is 5.72. The third kappa shape index (κ3) is 3.70. The van der Waals surface area contributed by atoms with E-state index < -0.39 is 9.84 Å². The molecule has 0 aromatic rings. The Morgan fingerprint density at radius 2 is 1.94 bits per heavy atom. The smallest absolute Gasteiger partial charge is 0.220 e. The van der Waals surface area contributed by atoms with Crippen LogP contribution in [0.2, 0.25) is 0 Å². The van der Waals surface area contributed by atoms with Gasteiger partial charge in [0.25, 0.3) is 0 Å². The quantitative estimate of drug-likeness (QED) is 0.847. The van der Waals surface area contributed by atoms with E-state index in [9.17, 15) is 13.2 Å². The fourth-order valence-corrected chi connectivity index (χ4v) is 4.95. The van der Waals surface area contributed by atoms with Crippen molar-refractivity contribution in [3.8, 4) is 0 Å². The molecule has 0 aromatic carbocycles. The molecule has 4 nitrogen and oxygen atoms in total. The summed E-state index contributed by atoms with van der Waals surface area (Å²) < 4.78 is 22.7. The summed E-state index contributed by atoms with van der Waals surface area (Å²) >= 11 is 0. The Hall–Kier alpha value is -0.580. The first-order chi connectivity index (χ1) is 8.46. The summed E-state index contributed by atoms with van der Waals surface area (Å²) in [4.78, 5) is 11.9. The van der Waals surface area contributed by atoms with Gasteiger partial charge in [-0.15, -0.1) is 0 Å². The molecule has 3 atom stereocenters. The molecule has 2 aliphatic rings. The first-order valence-electron chi connectivity index (χ1n) is 6.96. The molecule has 1 saturated heterocycles. The van der Waals surface area contributed by atoms with Crippen molar-refractivity contribution in [2.45, 2.75) is 51.5 Å². The predicted molar refractivity (Wildman–Crippen MR) is 70.9 cm³/mol. The molecule has 0 bridgehead atoms. The van der Waals surface area contributed by atoms with Crippen molar-refractivity contribution in [1.82, 2.24) is 5.32 Å². The largest absolute Gasteiger partial charge is 0.353 e. The maximum atomic E-state index is 11.9. The molecule has 1 N–H and O–H groups in total. The minimum Gasteiger partial charge on any atom is -0.353 e. The van der Waals surface area contributed by atoms with Crippen LogP contribution in [0.15, 0.2) is 0 Å². The van der Waals surface area contributed by atoms with E-state index in [0.29, 0.717) is 24.8 Å². The average molecular weight is 273 g/mol. The third-order valence-corrected chi connectivity index (χ3v) is 6.10. The van der Waals surface area contributed by atoms with Crippen LogP contribution in [0.1, 0.15) is 45.4 Å². The molecule has 5 heteroatoms. The van der Waals surface area contributed by atoms with E-state index in [1.54, 1.807) is 0 Å². The predicted octanol–water partition coefficient (Wildman–Crippen LogP) is 1.51. The van der Waals surface area contributed by atoms with Gasteiger partial charge < -0.3 is 5.32 Å². The monoisotopic (exact) mass is 273 g/mol. The average Bonchev–Trinajstić information content (AvgIpc) is 2.61. The van der Waals surface area contributed by atoms with Crippen molar-refractivity contribution < 1.29 is 13.2 Å². The second-order valence-electron chi connectivity index (χ2n) is 5.91. The van der Waals surface area contributed by atoms with Gasteiger partial charge in [0, 0.05) is 12.5 Å². The van der Waals surface area contributed by atoms with Gasteiger partial charge in [0.15, 0.2) is 9.84 Å². The van der Waals surface area contributed by atoms with E-state index in [2.05, 4.69) is 12.2 Å². The van der Waals surface area contributed by atoms with Gasteiger partial charge in [0.2, 0.25) is 5.91 Å². The highest BCUT2D eigenvalue weighted by Gasteiger charge is 2.30. The molecule has 2 rings (SSSR count). The summed E-state index contributed by atoms with van der Waals surface area (Å²) in [6, 6.07) is 0.296. The molecular formula is C13H23NO3S. The normalized spacial score (nSPS) is 35.3. The molecule has 18 heavy (non-hydrogen) atoms. The molecule has 0 radical (unpaired) electrons. The second-order valence-corrected chi connectivity index (χ2v) is 8.14. The molecule has 0 aromatic heterocycles. The molecule has 1 saturated carbocycles. The van der Waals surface area contributed by atoms with Gasteiger partial charge in [-0.05, 0) is 31.1 Å². The highest BCUT2D eigenvalue weighted by molar-refractivity contribution is 7.91. The van der Waals surface area contributed by atoms with Gasteiger partial charge in [-0.2, -0.15) is 0 Å². The van der Waals surface area contributed by atoms with Crippen molar-refractivity contribution in [3.05, 3.63) is 0 Å². The van der Waals surface area contributed by atoms with Gasteiger partial charge >= 0.3 is 0 Å². The highest BCUT2D eigenvalue weighted by Crippen LogP contribution is 2.25. The summed E-state index contributed by atoms with van der Waals surface area (Å²) in [6.45, 7) is 2.18. The van der Waals surface area contributed by atoms with Crippen LogP contribution >= 0.6 is 0 Å². The molecule has 1 amide bonds. The molecule has 2 fully saturated rings. The summed E-state index contributed by atoms with van der Waals surface area (Å²) in [5, 5.41) is 3.09. The van der Waals surface area contributed by atoms with Crippen LogP contribution in [0.3, 0.4) is 0 Å². The van der Waals surface area contributed by atoms with Crippen LogP contribution in [-0.2, 0) is 14.6 Å². The van der Waals surface area contributed by atoms with Crippen molar-refractivity contribution >= 4 is 15.7 Å². The molecule has 0 unspecified atom stereocenters. The summed E-state index contributed by atoms with van der Waals surface area (Å²) in [7, 11) is -2.86. The zero-order chi connectivity index (χ0) is 13.2. The minimum atomic E-state index is -2.86. The van der Waals surface area contributed by atoms with E-state index in [4.69, 9.17) is 0 Å². The van der Waals surface area contributed by atoms with Crippen molar-refractivity contribution in [2.75, 3.05) is 11.5 Å². The molecule has 0 spiro atoms. The first kappa shape index (κ1) is 13.8. The zero-order valence-electron chi connectivity index (χ0n) is 11.0. The lowest BCUT2D eigenvalue weighted by Crippen LogP contribution is -2.41. The maximum absolute atomic E-state index is 11.9. The lowest BCUT2D eigenvalue weighted by atomic mass is 9.86. The van der Waals surface area contributed by atoms with Crippen molar-refractivity contribution in [1.29, 1.82) is 0 Å². The third-order valence-electron chi connectivity index (χ3n) is 4.26. The molecular weight excluding hydrogens is 250 g/mol. The number of amides is 1. The van der Waals surface area contributed by atoms with Crippen LogP contribution < -0.4 is 5.32 Å². The van der Waals surface area contributed by atoms with Crippen molar-refractivity contribution in [2.24, 2.45) is 11.8 Å². The molecule has 1 aliphatic carbocycles.